The van der Waals surface area contributed by atoms with E-state index in [0.717, 1.165) is 11.3 Å². The first kappa shape index (κ1) is 8.59. The van der Waals surface area contributed by atoms with Gasteiger partial charge in [-0.15, -0.1) is 0 Å². The SMILES string of the molecule is CC(=O)c1cnc2nc(C3CC3)[nH]c2c1. The molecule has 3 rings (SSSR count). The van der Waals surface area contributed by atoms with Gasteiger partial charge in [-0.3, -0.25) is 4.79 Å². The first-order valence-corrected chi connectivity index (χ1v) is 5.10. The number of imidazole rings is 1. The maximum Gasteiger partial charge on any atom is 0.177 e. The lowest BCUT2D eigenvalue weighted by Crippen LogP contribution is -1.92. The number of Topliss-reactive ketones (excluding diaryl/α,β-unsaturated/α-hetero) is 1. The summed E-state index contributed by atoms with van der Waals surface area (Å²) in [5.41, 5.74) is 2.21. The van der Waals surface area contributed by atoms with Gasteiger partial charge in [-0.2, -0.15) is 0 Å². The quantitative estimate of drug-likeness (QED) is 0.756. The van der Waals surface area contributed by atoms with Gasteiger partial charge in [0, 0.05) is 17.7 Å². The first-order chi connectivity index (χ1) is 7.24. The predicted octanol–water partition coefficient (Wildman–Crippen LogP) is 2.04. The fraction of sp³-hybridized carbons (Fsp3) is 0.364. The van der Waals surface area contributed by atoms with Crippen LogP contribution in [-0.4, -0.2) is 20.7 Å². The third-order valence-electron chi connectivity index (χ3n) is 2.73. The summed E-state index contributed by atoms with van der Waals surface area (Å²) in [7, 11) is 0. The molecule has 1 N–H and O–H groups in total. The van der Waals surface area contributed by atoms with Crippen molar-refractivity contribution in [2.45, 2.75) is 25.7 Å². The van der Waals surface area contributed by atoms with Crippen LogP contribution in [0.5, 0.6) is 0 Å². The normalized spacial score (nSPS) is 15.8. The molecule has 1 aliphatic rings. The fourth-order valence-electron chi connectivity index (χ4n) is 1.66. The lowest BCUT2D eigenvalue weighted by atomic mass is 10.2. The van der Waals surface area contributed by atoms with Crippen molar-refractivity contribution in [3.63, 3.8) is 0 Å². The highest BCUT2D eigenvalue weighted by Gasteiger charge is 2.27. The van der Waals surface area contributed by atoms with Crippen LogP contribution in [0.1, 0.15) is 41.9 Å². The molecule has 1 saturated carbocycles. The lowest BCUT2D eigenvalue weighted by Gasteiger charge is -1.92. The van der Waals surface area contributed by atoms with E-state index in [1.54, 1.807) is 13.1 Å². The van der Waals surface area contributed by atoms with Crippen molar-refractivity contribution in [3.8, 4) is 0 Å². The molecular formula is C11H11N3O. The first-order valence-electron chi connectivity index (χ1n) is 5.10. The summed E-state index contributed by atoms with van der Waals surface area (Å²) < 4.78 is 0. The molecule has 0 aromatic carbocycles. The zero-order valence-corrected chi connectivity index (χ0v) is 8.45. The molecule has 4 heteroatoms. The van der Waals surface area contributed by atoms with Gasteiger partial charge in [0.05, 0.1) is 5.52 Å². The zero-order valence-electron chi connectivity index (χ0n) is 8.45. The van der Waals surface area contributed by atoms with Crippen LogP contribution in [0.2, 0.25) is 0 Å². The van der Waals surface area contributed by atoms with Crippen molar-refractivity contribution in [3.05, 3.63) is 23.7 Å². The van der Waals surface area contributed by atoms with Gasteiger partial charge in [-0.1, -0.05) is 0 Å². The Morgan fingerprint density at radius 2 is 2.33 bits per heavy atom. The van der Waals surface area contributed by atoms with E-state index in [1.807, 2.05) is 6.07 Å². The van der Waals surface area contributed by atoms with Crippen molar-refractivity contribution in [1.82, 2.24) is 15.0 Å². The number of nitrogens with zero attached hydrogens (tertiary/aromatic N) is 2. The van der Waals surface area contributed by atoms with Crippen LogP contribution in [0.4, 0.5) is 0 Å². The van der Waals surface area contributed by atoms with Gasteiger partial charge in [0.15, 0.2) is 11.4 Å². The Bertz CT molecular complexity index is 540. The standard InChI is InChI=1S/C11H11N3O/c1-6(15)8-4-9-11(12-5-8)14-10(13-9)7-2-3-7/h4-5,7H,2-3H2,1H3,(H,12,13,14). The molecule has 1 aliphatic carbocycles. The second-order valence-electron chi connectivity index (χ2n) is 4.05. The number of nitrogens with one attached hydrogen (secondary N) is 1. The van der Waals surface area contributed by atoms with Gasteiger partial charge in [0.25, 0.3) is 0 Å². The molecule has 2 heterocycles. The van der Waals surface area contributed by atoms with Gasteiger partial charge < -0.3 is 4.98 Å². The van der Waals surface area contributed by atoms with E-state index >= 15 is 0 Å². The van der Waals surface area contributed by atoms with Gasteiger partial charge in [0.2, 0.25) is 0 Å². The molecule has 15 heavy (non-hydrogen) atoms. The monoisotopic (exact) mass is 201 g/mol. The summed E-state index contributed by atoms with van der Waals surface area (Å²) in [5, 5.41) is 0. The van der Waals surface area contributed by atoms with Crippen molar-refractivity contribution in [1.29, 1.82) is 0 Å². The maximum atomic E-state index is 11.2. The van der Waals surface area contributed by atoms with Crippen LogP contribution in [0.25, 0.3) is 11.2 Å². The predicted molar refractivity (Wildman–Crippen MR) is 55.9 cm³/mol. The Balaban J connectivity index is 2.13. The third kappa shape index (κ3) is 1.42. The van der Waals surface area contributed by atoms with Crippen LogP contribution >= 0.6 is 0 Å². The molecule has 2 aromatic rings. The molecule has 4 nitrogen and oxygen atoms in total. The van der Waals surface area contributed by atoms with Crippen LogP contribution in [-0.2, 0) is 0 Å². The molecule has 0 unspecified atom stereocenters. The van der Waals surface area contributed by atoms with E-state index in [-0.39, 0.29) is 5.78 Å². The Morgan fingerprint density at radius 1 is 1.53 bits per heavy atom. The number of fused-ring (bicyclic) bond motifs is 1. The summed E-state index contributed by atoms with van der Waals surface area (Å²) in [6, 6.07) is 1.82. The van der Waals surface area contributed by atoms with Gasteiger partial charge in [0.1, 0.15) is 5.82 Å². The highest BCUT2D eigenvalue weighted by atomic mass is 16.1. The number of rotatable bonds is 2. The van der Waals surface area contributed by atoms with Crippen LogP contribution < -0.4 is 0 Å². The molecule has 0 radical (unpaired) electrons. The summed E-state index contributed by atoms with van der Waals surface area (Å²) >= 11 is 0. The second-order valence-corrected chi connectivity index (χ2v) is 4.05. The van der Waals surface area contributed by atoms with E-state index in [2.05, 4.69) is 15.0 Å². The largest absolute Gasteiger partial charge is 0.340 e. The molecule has 76 valence electrons. The molecule has 0 atom stereocenters. The minimum absolute atomic E-state index is 0.0342. The molecule has 1 fully saturated rings. The highest BCUT2D eigenvalue weighted by Crippen LogP contribution is 2.38. The van der Waals surface area contributed by atoms with Gasteiger partial charge in [-0.25, -0.2) is 9.97 Å². The number of aromatic nitrogens is 3. The molecule has 0 aliphatic heterocycles. The number of carbonyl (C=O) groups excluding carboxylic acids is 1. The lowest BCUT2D eigenvalue weighted by molar-refractivity contribution is 0.101. The molecule has 0 bridgehead atoms. The Morgan fingerprint density at radius 3 is 3.00 bits per heavy atom. The van der Waals surface area contributed by atoms with E-state index in [0.29, 0.717) is 17.1 Å². The van der Waals surface area contributed by atoms with Crippen LogP contribution in [0.15, 0.2) is 12.3 Å². The number of aromatic amines is 1. The average Bonchev–Trinajstić information content (AvgIpc) is 2.97. The van der Waals surface area contributed by atoms with Crippen LogP contribution in [0.3, 0.4) is 0 Å². The number of H-pyrrole nitrogens is 1. The van der Waals surface area contributed by atoms with Gasteiger partial charge in [-0.05, 0) is 25.8 Å². The molecular weight excluding hydrogens is 190 g/mol. The van der Waals surface area contributed by atoms with E-state index in [9.17, 15) is 4.79 Å². The van der Waals surface area contributed by atoms with Crippen molar-refractivity contribution in [2.24, 2.45) is 0 Å². The van der Waals surface area contributed by atoms with Crippen molar-refractivity contribution >= 4 is 16.9 Å². The minimum Gasteiger partial charge on any atom is -0.340 e. The molecule has 2 aromatic heterocycles. The number of hydrogen-bond acceptors (Lipinski definition) is 3. The second kappa shape index (κ2) is 2.89. The summed E-state index contributed by atoms with van der Waals surface area (Å²) in [4.78, 5) is 23.0. The van der Waals surface area contributed by atoms with E-state index in [1.165, 1.54) is 12.8 Å². The minimum atomic E-state index is 0.0342. The molecule has 0 spiro atoms. The van der Waals surface area contributed by atoms with Crippen molar-refractivity contribution < 1.29 is 4.79 Å². The number of carbonyl (C=O) groups is 1. The Hall–Kier alpha value is -1.71. The fourth-order valence-corrected chi connectivity index (χ4v) is 1.66. The maximum absolute atomic E-state index is 11.2. The smallest absolute Gasteiger partial charge is 0.177 e. The molecule has 0 saturated heterocycles. The number of ketones is 1. The summed E-state index contributed by atoms with van der Waals surface area (Å²) in [5.74, 6) is 1.63. The van der Waals surface area contributed by atoms with Crippen molar-refractivity contribution in [2.75, 3.05) is 0 Å². The van der Waals surface area contributed by atoms with Crippen LogP contribution in [0, 0.1) is 0 Å². The summed E-state index contributed by atoms with van der Waals surface area (Å²) in [6.07, 6.45) is 4.00. The topological polar surface area (TPSA) is 58.6 Å². The third-order valence-corrected chi connectivity index (χ3v) is 2.73. The Kier molecular flexibility index (Phi) is 1.65. The average molecular weight is 201 g/mol. The Labute approximate surface area is 86.7 Å². The summed E-state index contributed by atoms with van der Waals surface area (Å²) in [6.45, 7) is 1.54. The highest BCUT2D eigenvalue weighted by molar-refractivity contribution is 5.96. The van der Waals surface area contributed by atoms with Gasteiger partial charge >= 0.3 is 0 Å². The van der Waals surface area contributed by atoms with E-state index < -0.39 is 0 Å². The zero-order chi connectivity index (χ0) is 10.4. The molecule has 0 amide bonds. The van der Waals surface area contributed by atoms with E-state index in [4.69, 9.17) is 0 Å². The number of hydrogen-bond donors (Lipinski definition) is 1. The number of pyridine rings is 1.